The normalized spacial score (nSPS) is 11.0. The Hall–Kier alpha value is -2.59. The van der Waals surface area contributed by atoms with Gasteiger partial charge in [0.25, 0.3) is 0 Å². The fraction of sp³-hybridized carbons (Fsp3) is 0.455. The van der Waals surface area contributed by atoms with E-state index in [9.17, 15) is 28.1 Å². The van der Waals surface area contributed by atoms with Crippen LogP contribution in [0.1, 0.15) is 12.5 Å². The highest BCUT2D eigenvalue weighted by Gasteiger charge is 2.38. The van der Waals surface area contributed by atoms with Crippen molar-refractivity contribution in [2.75, 3.05) is 13.7 Å². The van der Waals surface area contributed by atoms with Crippen LogP contribution in [-0.2, 0) is 16.0 Å². The summed E-state index contributed by atoms with van der Waals surface area (Å²) in [6, 6.07) is 0.936. The number of nitrogens with zero attached hydrogens (tertiary/aromatic N) is 2. The molecule has 0 aliphatic rings. The van der Waals surface area contributed by atoms with Gasteiger partial charge in [-0.3, -0.25) is 4.79 Å². The first kappa shape index (κ1) is 17.5. The minimum Gasteiger partial charge on any atom is -0.466 e. The third-order valence-corrected chi connectivity index (χ3v) is 2.25. The first-order chi connectivity index (χ1) is 10.2. The molecule has 0 fully saturated rings. The number of nitro groups is 1. The van der Waals surface area contributed by atoms with Crippen molar-refractivity contribution < 1.29 is 37.1 Å². The fourth-order valence-corrected chi connectivity index (χ4v) is 1.50. The van der Waals surface area contributed by atoms with Gasteiger partial charge in [-0.1, -0.05) is 0 Å². The van der Waals surface area contributed by atoms with E-state index in [1.54, 1.807) is 0 Å². The molecule has 1 aromatic rings. The highest BCUT2D eigenvalue weighted by molar-refractivity contribution is 5.74. The molecule has 0 bridgehead atoms. The minimum absolute atomic E-state index is 0.00138. The highest BCUT2D eigenvalue weighted by atomic mass is 19.4. The van der Waals surface area contributed by atoms with Crippen LogP contribution in [0.2, 0.25) is 0 Å². The van der Waals surface area contributed by atoms with Crippen LogP contribution in [0, 0.1) is 10.1 Å². The Morgan fingerprint density at radius 1 is 1.45 bits per heavy atom. The molecule has 0 spiro atoms. The molecule has 0 radical (unpaired) electrons. The lowest BCUT2D eigenvalue weighted by atomic mass is 10.1. The molecule has 122 valence electrons. The molecule has 0 N–H and O–H groups in total. The van der Waals surface area contributed by atoms with Gasteiger partial charge in [0.15, 0.2) is 0 Å². The number of halogens is 3. The smallest absolute Gasteiger partial charge is 0.466 e. The molecule has 8 nitrogen and oxygen atoms in total. The van der Waals surface area contributed by atoms with E-state index in [0.29, 0.717) is 0 Å². The van der Waals surface area contributed by atoms with Gasteiger partial charge in [0, 0.05) is 16.6 Å². The maximum absolute atomic E-state index is 12.4. The molecule has 1 heterocycles. The number of pyridine rings is 1. The van der Waals surface area contributed by atoms with Crippen LogP contribution in [0.15, 0.2) is 6.07 Å². The monoisotopic (exact) mass is 324 g/mol. The second-order valence-corrected chi connectivity index (χ2v) is 3.76. The van der Waals surface area contributed by atoms with Crippen LogP contribution in [-0.4, -0.2) is 36.0 Å². The predicted octanol–water partition coefficient (Wildman–Crippen LogP) is 2.00. The van der Waals surface area contributed by atoms with E-state index in [0.717, 1.165) is 13.2 Å². The molecular formula is C11H11F3N2O6. The molecule has 1 rings (SSSR count). The Balaban J connectivity index is 3.38. The van der Waals surface area contributed by atoms with Crippen LogP contribution in [0.4, 0.5) is 19.0 Å². The molecule has 1 aromatic heterocycles. The van der Waals surface area contributed by atoms with Crippen molar-refractivity contribution in [1.29, 1.82) is 0 Å². The summed E-state index contributed by atoms with van der Waals surface area (Å²) in [4.78, 5) is 24.4. The predicted molar refractivity (Wildman–Crippen MR) is 64.5 cm³/mol. The number of esters is 1. The van der Waals surface area contributed by atoms with Crippen molar-refractivity contribution >= 4 is 11.8 Å². The van der Waals surface area contributed by atoms with Crippen molar-refractivity contribution in [3.05, 3.63) is 21.7 Å². The zero-order chi connectivity index (χ0) is 16.9. The van der Waals surface area contributed by atoms with E-state index in [1.807, 2.05) is 0 Å². The quantitative estimate of drug-likeness (QED) is 0.448. The van der Waals surface area contributed by atoms with Gasteiger partial charge in [-0.25, -0.2) is 0 Å². The Labute approximate surface area is 121 Å². The summed E-state index contributed by atoms with van der Waals surface area (Å²) in [6.45, 7) is 1.50. The van der Waals surface area contributed by atoms with Crippen molar-refractivity contribution in [1.82, 2.24) is 4.98 Å². The summed E-state index contributed by atoms with van der Waals surface area (Å²) in [5.41, 5.74) is -0.422. The second kappa shape index (κ2) is 6.91. The van der Waals surface area contributed by atoms with Gasteiger partial charge in [0.2, 0.25) is 5.75 Å². The zero-order valence-corrected chi connectivity index (χ0v) is 11.5. The van der Waals surface area contributed by atoms with E-state index in [-0.39, 0.29) is 12.5 Å². The second-order valence-electron chi connectivity index (χ2n) is 3.76. The maximum Gasteiger partial charge on any atom is 0.573 e. The van der Waals surface area contributed by atoms with Gasteiger partial charge < -0.3 is 24.3 Å². The average Bonchev–Trinajstić information content (AvgIpc) is 2.38. The van der Waals surface area contributed by atoms with Gasteiger partial charge in [-0.15, -0.1) is 13.2 Å². The number of carbonyl (C=O) groups excluding carboxylic acids is 1. The third kappa shape index (κ3) is 4.75. The van der Waals surface area contributed by atoms with Gasteiger partial charge in [0.05, 0.1) is 20.1 Å². The lowest BCUT2D eigenvalue weighted by Gasteiger charge is -2.13. The number of aromatic nitrogens is 1. The molecule has 11 heteroatoms. The van der Waals surface area contributed by atoms with Crippen molar-refractivity contribution in [2.45, 2.75) is 19.7 Å². The maximum atomic E-state index is 12.4. The number of ether oxygens (including phenoxy) is 3. The molecule has 0 atom stereocenters. The van der Waals surface area contributed by atoms with E-state index >= 15 is 0 Å². The molecule has 0 saturated carbocycles. The highest BCUT2D eigenvalue weighted by Crippen LogP contribution is 2.36. The number of methoxy groups -OCH3 is 1. The minimum atomic E-state index is -5.19. The van der Waals surface area contributed by atoms with Crippen LogP contribution in [0.3, 0.4) is 0 Å². The summed E-state index contributed by atoms with van der Waals surface area (Å²) >= 11 is 0. The number of hydrogen-bond donors (Lipinski definition) is 0. The largest absolute Gasteiger partial charge is 0.573 e. The lowest BCUT2D eigenvalue weighted by molar-refractivity contribution is -0.393. The summed E-state index contributed by atoms with van der Waals surface area (Å²) in [5.74, 6) is -3.60. The molecule has 0 aliphatic heterocycles. The Kier molecular flexibility index (Phi) is 5.49. The number of alkyl halides is 3. The van der Waals surface area contributed by atoms with Crippen LogP contribution >= 0.6 is 0 Å². The molecule has 0 unspecified atom stereocenters. The molecule has 0 aromatic carbocycles. The SMILES string of the molecule is CCOC(=O)Cc1cc(OC)nc([N+](=O)[O-])c1OC(F)(F)F. The first-order valence-corrected chi connectivity index (χ1v) is 5.81. The van der Waals surface area contributed by atoms with Crippen LogP contribution in [0.5, 0.6) is 11.6 Å². The Morgan fingerprint density at radius 2 is 2.09 bits per heavy atom. The van der Waals surface area contributed by atoms with Gasteiger partial charge in [-0.2, -0.15) is 0 Å². The molecule has 22 heavy (non-hydrogen) atoms. The van der Waals surface area contributed by atoms with Gasteiger partial charge in [-0.05, 0) is 11.8 Å². The number of hydrogen-bond acceptors (Lipinski definition) is 7. The van der Waals surface area contributed by atoms with Crippen molar-refractivity contribution in [3.63, 3.8) is 0 Å². The third-order valence-electron chi connectivity index (χ3n) is 2.25. The molecule has 0 amide bonds. The topological polar surface area (TPSA) is 101 Å². The standard InChI is InChI=1S/C11H11F3N2O6/c1-3-21-8(17)5-6-4-7(20-2)15-10(16(18)19)9(6)22-11(12,13)14/h4H,3,5H2,1-2H3. The van der Waals surface area contributed by atoms with Gasteiger partial charge >= 0.3 is 24.0 Å². The van der Waals surface area contributed by atoms with Crippen LogP contribution in [0.25, 0.3) is 0 Å². The van der Waals surface area contributed by atoms with E-state index in [1.165, 1.54) is 6.92 Å². The van der Waals surface area contributed by atoms with Crippen molar-refractivity contribution in [2.24, 2.45) is 0 Å². The van der Waals surface area contributed by atoms with E-state index in [4.69, 9.17) is 0 Å². The van der Waals surface area contributed by atoms with E-state index < -0.39 is 40.8 Å². The first-order valence-electron chi connectivity index (χ1n) is 5.81. The number of rotatable bonds is 6. The van der Waals surface area contributed by atoms with Crippen molar-refractivity contribution in [3.8, 4) is 11.6 Å². The molecule has 0 aliphatic carbocycles. The van der Waals surface area contributed by atoms with Gasteiger partial charge in [0.1, 0.15) is 0 Å². The fourth-order valence-electron chi connectivity index (χ4n) is 1.50. The average molecular weight is 324 g/mol. The molecule has 0 saturated heterocycles. The Morgan fingerprint density at radius 3 is 2.55 bits per heavy atom. The van der Waals surface area contributed by atoms with E-state index in [2.05, 4.69) is 19.2 Å². The summed E-state index contributed by atoms with van der Waals surface area (Å²) < 4.78 is 50.1. The summed E-state index contributed by atoms with van der Waals surface area (Å²) in [7, 11) is 1.12. The molecular weight excluding hydrogens is 313 g/mol. The number of carbonyl (C=O) groups is 1. The Bertz CT molecular complexity index is 576. The lowest BCUT2D eigenvalue weighted by Crippen LogP contribution is -2.20. The summed E-state index contributed by atoms with van der Waals surface area (Å²) in [5, 5.41) is 10.9. The van der Waals surface area contributed by atoms with Crippen LogP contribution < -0.4 is 9.47 Å². The summed E-state index contributed by atoms with van der Waals surface area (Å²) in [6.07, 6.45) is -5.86. The zero-order valence-electron chi connectivity index (χ0n) is 11.5.